The highest BCUT2D eigenvalue weighted by atomic mass is 16.5. The Labute approximate surface area is 132 Å². The van der Waals surface area contributed by atoms with E-state index in [-0.39, 0.29) is 0 Å². The molecule has 0 saturated carbocycles. The summed E-state index contributed by atoms with van der Waals surface area (Å²) in [6.07, 6.45) is 0. The summed E-state index contributed by atoms with van der Waals surface area (Å²) in [6, 6.07) is 17.6. The molecule has 22 heavy (non-hydrogen) atoms. The maximum atomic E-state index is 5.46. The smallest absolute Gasteiger partial charge is 0.122 e. The Bertz CT molecular complexity index is 612. The Balaban J connectivity index is 1.70. The van der Waals surface area contributed by atoms with Crippen LogP contribution in [-0.4, -0.2) is 31.6 Å². The molecule has 1 atom stereocenters. The first kappa shape index (κ1) is 15.1. The third kappa shape index (κ3) is 3.49. The van der Waals surface area contributed by atoms with Crippen molar-refractivity contribution in [3.8, 4) is 5.75 Å². The molecule has 0 amide bonds. The molecule has 1 heterocycles. The molecule has 0 bridgehead atoms. The first-order valence-electron chi connectivity index (χ1n) is 7.90. The molecule has 1 N–H and O–H groups in total. The zero-order valence-corrected chi connectivity index (χ0v) is 13.4. The molecule has 116 valence electrons. The van der Waals surface area contributed by atoms with Gasteiger partial charge >= 0.3 is 0 Å². The normalized spacial score (nSPS) is 19.1. The quantitative estimate of drug-likeness (QED) is 0.938. The van der Waals surface area contributed by atoms with Gasteiger partial charge in [-0.2, -0.15) is 0 Å². The van der Waals surface area contributed by atoms with E-state index in [0.29, 0.717) is 6.04 Å². The topological polar surface area (TPSA) is 24.5 Å². The van der Waals surface area contributed by atoms with E-state index >= 15 is 0 Å². The van der Waals surface area contributed by atoms with Crippen molar-refractivity contribution in [1.82, 2.24) is 10.2 Å². The Morgan fingerprint density at radius 2 is 2.00 bits per heavy atom. The van der Waals surface area contributed by atoms with Crippen LogP contribution in [-0.2, 0) is 6.54 Å². The molecule has 0 radical (unpaired) electrons. The minimum Gasteiger partial charge on any atom is -0.496 e. The fourth-order valence-electron chi connectivity index (χ4n) is 3.07. The van der Waals surface area contributed by atoms with Gasteiger partial charge in [0.15, 0.2) is 0 Å². The standard InChI is InChI=1S/C19H24N2O/c1-15-8-9-17(12-19(15)22-2)18-14-21(11-10-20-18)13-16-6-4-3-5-7-16/h3-9,12,18,20H,10-11,13-14H2,1-2H3. The second kappa shape index (κ2) is 6.95. The number of methoxy groups -OCH3 is 1. The Morgan fingerprint density at radius 1 is 1.18 bits per heavy atom. The predicted octanol–water partition coefficient (Wildman–Crippen LogP) is 3.15. The van der Waals surface area contributed by atoms with Crippen LogP contribution in [0.15, 0.2) is 48.5 Å². The average molecular weight is 296 g/mol. The molecule has 0 spiro atoms. The molecule has 2 aromatic carbocycles. The Hall–Kier alpha value is -1.84. The number of piperazine rings is 1. The fourth-order valence-corrected chi connectivity index (χ4v) is 3.07. The van der Waals surface area contributed by atoms with E-state index in [2.05, 4.69) is 65.7 Å². The molecule has 1 unspecified atom stereocenters. The summed E-state index contributed by atoms with van der Waals surface area (Å²) >= 11 is 0. The summed E-state index contributed by atoms with van der Waals surface area (Å²) in [4.78, 5) is 2.52. The third-order valence-electron chi connectivity index (χ3n) is 4.34. The molecule has 0 aromatic heterocycles. The Kier molecular flexibility index (Phi) is 4.76. The van der Waals surface area contributed by atoms with Crippen LogP contribution in [0.1, 0.15) is 22.7 Å². The van der Waals surface area contributed by atoms with E-state index in [0.717, 1.165) is 31.9 Å². The van der Waals surface area contributed by atoms with Crippen LogP contribution in [0.25, 0.3) is 0 Å². The second-order valence-corrected chi connectivity index (χ2v) is 5.96. The van der Waals surface area contributed by atoms with Crippen LogP contribution in [0.5, 0.6) is 5.75 Å². The van der Waals surface area contributed by atoms with E-state index in [1.165, 1.54) is 16.7 Å². The van der Waals surface area contributed by atoms with Gasteiger partial charge in [-0.1, -0.05) is 42.5 Å². The van der Waals surface area contributed by atoms with E-state index in [9.17, 15) is 0 Å². The van der Waals surface area contributed by atoms with Crippen LogP contribution in [0.3, 0.4) is 0 Å². The molecule has 1 fully saturated rings. The van der Waals surface area contributed by atoms with E-state index in [1.807, 2.05) is 0 Å². The van der Waals surface area contributed by atoms with Crippen LogP contribution < -0.4 is 10.1 Å². The van der Waals surface area contributed by atoms with E-state index in [1.54, 1.807) is 7.11 Å². The molecule has 1 saturated heterocycles. The lowest BCUT2D eigenvalue weighted by Gasteiger charge is -2.34. The molecule has 1 aliphatic rings. The summed E-state index contributed by atoms with van der Waals surface area (Å²) in [6.45, 7) is 6.24. The zero-order chi connectivity index (χ0) is 15.4. The number of rotatable bonds is 4. The molecule has 1 aliphatic heterocycles. The average Bonchev–Trinajstić information content (AvgIpc) is 2.56. The van der Waals surface area contributed by atoms with Gasteiger partial charge in [-0.25, -0.2) is 0 Å². The van der Waals surface area contributed by atoms with Crippen LogP contribution >= 0.6 is 0 Å². The Morgan fingerprint density at radius 3 is 2.77 bits per heavy atom. The van der Waals surface area contributed by atoms with Crippen molar-refractivity contribution in [3.63, 3.8) is 0 Å². The third-order valence-corrected chi connectivity index (χ3v) is 4.34. The summed E-state index contributed by atoms with van der Waals surface area (Å²) in [7, 11) is 1.74. The molecule has 3 nitrogen and oxygen atoms in total. The minimum atomic E-state index is 0.368. The van der Waals surface area contributed by atoms with Crippen molar-refractivity contribution in [2.24, 2.45) is 0 Å². The predicted molar refractivity (Wildman–Crippen MR) is 90.2 cm³/mol. The van der Waals surface area contributed by atoms with Gasteiger partial charge in [0.05, 0.1) is 7.11 Å². The van der Waals surface area contributed by atoms with Crippen LogP contribution in [0, 0.1) is 6.92 Å². The second-order valence-electron chi connectivity index (χ2n) is 5.96. The van der Waals surface area contributed by atoms with Gasteiger partial charge < -0.3 is 10.1 Å². The molecule has 2 aromatic rings. The lowest BCUT2D eigenvalue weighted by atomic mass is 10.0. The number of aryl methyl sites for hydroxylation is 1. The largest absolute Gasteiger partial charge is 0.496 e. The van der Waals surface area contributed by atoms with E-state index < -0.39 is 0 Å². The number of ether oxygens (including phenoxy) is 1. The number of hydrogen-bond acceptors (Lipinski definition) is 3. The minimum absolute atomic E-state index is 0.368. The van der Waals surface area contributed by atoms with Crippen molar-refractivity contribution in [2.45, 2.75) is 19.5 Å². The summed E-state index contributed by atoms with van der Waals surface area (Å²) in [5.74, 6) is 0.972. The number of nitrogens with one attached hydrogen (secondary N) is 1. The van der Waals surface area contributed by atoms with Crippen molar-refractivity contribution in [3.05, 3.63) is 65.2 Å². The van der Waals surface area contributed by atoms with Crippen molar-refractivity contribution >= 4 is 0 Å². The fraction of sp³-hybridized carbons (Fsp3) is 0.368. The molecular weight excluding hydrogens is 272 g/mol. The number of hydrogen-bond donors (Lipinski definition) is 1. The highest BCUT2D eigenvalue weighted by molar-refractivity contribution is 5.38. The summed E-state index contributed by atoms with van der Waals surface area (Å²) in [5.41, 5.74) is 3.87. The van der Waals surface area contributed by atoms with Crippen LogP contribution in [0.2, 0.25) is 0 Å². The van der Waals surface area contributed by atoms with Gasteiger partial charge in [-0.3, -0.25) is 4.90 Å². The summed E-state index contributed by atoms with van der Waals surface area (Å²) in [5, 5.41) is 3.62. The zero-order valence-electron chi connectivity index (χ0n) is 13.4. The van der Waals surface area contributed by atoms with Gasteiger partial charge in [0.1, 0.15) is 5.75 Å². The number of nitrogens with zero attached hydrogens (tertiary/aromatic N) is 1. The first-order chi connectivity index (χ1) is 10.8. The van der Waals surface area contributed by atoms with Gasteiger partial charge in [0.2, 0.25) is 0 Å². The monoisotopic (exact) mass is 296 g/mol. The number of benzene rings is 2. The lowest BCUT2D eigenvalue weighted by molar-refractivity contribution is 0.193. The molecule has 3 rings (SSSR count). The molecule has 0 aliphatic carbocycles. The molecular formula is C19H24N2O. The highest BCUT2D eigenvalue weighted by Gasteiger charge is 2.21. The summed E-state index contributed by atoms with van der Waals surface area (Å²) < 4.78 is 5.46. The van der Waals surface area contributed by atoms with Gasteiger partial charge in [0.25, 0.3) is 0 Å². The van der Waals surface area contributed by atoms with Gasteiger partial charge in [0, 0.05) is 32.2 Å². The van der Waals surface area contributed by atoms with Crippen molar-refractivity contribution < 1.29 is 4.74 Å². The van der Waals surface area contributed by atoms with Crippen molar-refractivity contribution in [2.75, 3.05) is 26.7 Å². The highest BCUT2D eigenvalue weighted by Crippen LogP contribution is 2.25. The maximum absolute atomic E-state index is 5.46. The van der Waals surface area contributed by atoms with Crippen molar-refractivity contribution in [1.29, 1.82) is 0 Å². The van der Waals surface area contributed by atoms with Crippen LogP contribution in [0.4, 0.5) is 0 Å². The van der Waals surface area contributed by atoms with Gasteiger partial charge in [-0.05, 0) is 29.7 Å². The van der Waals surface area contributed by atoms with E-state index in [4.69, 9.17) is 4.74 Å². The molecule has 3 heteroatoms. The SMILES string of the molecule is COc1cc(C2CN(Cc3ccccc3)CCN2)ccc1C. The maximum Gasteiger partial charge on any atom is 0.122 e. The lowest BCUT2D eigenvalue weighted by Crippen LogP contribution is -2.45. The van der Waals surface area contributed by atoms with Gasteiger partial charge in [-0.15, -0.1) is 0 Å². The first-order valence-corrected chi connectivity index (χ1v) is 7.90.